The highest BCUT2D eigenvalue weighted by Gasteiger charge is 2.42. The van der Waals surface area contributed by atoms with Gasteiger partial charge >= 0.3 is 5.97 Å². The lowest BCUT2D eigenvalue weighted by Gasteiger charge is -2.15. The van der Waals surface area contributed by atoms with Crippen LogP contribution in [0.25, 0.3) is 0 Å². The van der Waals surface area contributed by atoms with E-state index < -0.39 is 5.97 Å². The van der Waals surface area contributed by atoms with Crippen molar-refractivity contribution in [2.75, 3.05) is 12.3 Å². The van der Waals surface area contributed by atoms with Gasteiger partial charge in [0.25, 0.3) is 0 Å². The number of esters is 1. The number of aromatic nitrogens is 2. The number of imidazole rings is 1. The minimum absolute atomic E-state index is 0.240. The summed E-state index contributed by atoms with van der Waals surface area (Å²) in [5.74, 6) is -0.00934. The van der Waals surface area contributed by atoms with Gasteiger partial charge in [-0.3, -0.25) is 0 Å². The third-order valence-electron chi connectivity index (χ3n) is 3.59. The molecule has 5 heteroatoms. The Morgan fingerprint density at radius 2 is 2.28 bits per heavy atom. The van der Waals surface area contributed by atoms with Gasteiger partial charge in [-0.2, -0.15) is 0 Å². The van der Waals surface area contributed by atoms with Crippen LogP contribution < -0.4 is 5.73 Å². The maximum absolute atomic E-state index is 11.6. The Morgan fingerprint density at radius 1 is 1.56 bits per heavy atom. The summed E-state index contributed by atoms with van der Waals surface area (Å²) in [6.45, 7) is 5.16. The third-order valence-corrected chi connectivity index (χ3v) is 3.59. The van der Waals surface area contributed by atoms with Gasteiger partial charge in [-0.15, -0.1) is 0 Å². The number of carbonyl (C=O) groups excluding carboxylic acids is 1. The Bertz CT molecular complexity index is 435. The molecule has 1 aliphatic rings. The zero-order chi connectivity index (χ0) is 13.2. The molecule has 5 nitrogen and oxygen atoms in total. The van der Waals surface area contributed by atoms with Crippen molar-refractivity contribution in [3.63, 3.8) is 0 Å². The summed E-state index contributed by atoms with van der Waals surface area (Å²) in [6, 6.07) is 0. The SMILES string of the molecule is CCCC1(Cn2cnc(C(=O)OCC)c2N)CC1. The molecule has 1 fully saturated rings. The van der Waals surface area contributed by atoms with Crippen LogP contribution >= 0.6 is 0 Å². The van der Waals surface area contributed by atoms with Gasteiger partial charge in [-0.1, -0.05) is 13.3 Å². The fourth-order valence-corrected chi connectivity index (χ4v) is 2.43. The van der Waals surface area contributed by atoms with Crippen molar-refractivity contribution in [1.29, 1.82) is 0 Å². The fraction of sp³-hybridized carbons (Fsp3) is 0.692. The van der Waals surface area contributed by atoms with Crippen LogP contribution in [0.15, 0.2) is 6.33 Å². The second-order valence-corrected chi connectivity index (χ2v) is 5.08. The molecule has 18 heavy (non-hydrogen) atoms. The Balaban J connectivity index is 2.09. The van der Waals surface area contributed by atoms with Crippen LogP contribution in [0, 0.1) is 5.41 Å². The smallest absolute Gasteiger partial charge is 0.360 e. The Morgan fingerprint density at radius 3 is 2.83 bits per heavy atom. The van der Waals surface area contributed by atoms with Crippen LogP contribution in [-0.4, -0.2) is 22.1 Å². The summed E-state index contributed by atoms with van der Waals surface area (Å²) in [7, 11) is 0. The highest BCUT2D eigenvalue weighted by Crippen LogP contribution is 2.51. The van der Waals surface area contributed by atoms with Gasteiger partial charge in [-0.05, 0) is 31.6 Å². The maximum Gasteiger partial charge on any atom is 0.360 e. The minimum atomic E-state index is -0.436. The molecule has 0 unspecified atom stereocenters. The van der Waals surface area contributed by atoms with E-state index in [0.717, 1.165) is 6.54 Å². The molecule has 0 radical (unpaired) electrons. The first-order chi connectivity index (χ1) is 8.62. The van der Waals surface area contributed by atoms with Gasteiger partial charge < -0.3 is 15.0 Å². The number of nitrogens with zero attached hydrogens (tertiary/aromatic N) is 2. The molecule has 0 bridgehead atoms. The zero-order valence-electron chi connectivity index (χ0n) is 11.1. The molecule has 2 rings (SSSR count). The largest absolute Gasteiger partial charge is 0.461 e. The molecule has 0 aromatic carbocycles. The highest BCUT2D eigenvalue weighted by molar-refractivity contribution is 5.92. The van der Waals surface area contributed by atoms with Gasteiger partial charge in [0.15, 0.2) is 5.69 Å². The predicted molar refractivity (Wildman–Crippen MR) is 69.2 cm³/mol. The zero-order valence-corrected chi connectivity index (χ0v) is 11.1. The van der Waals surface area contributed by atoms with E-state index in [1.165, 1.54) is 25.7 Å². The lowest BCUT2D eigenvalue weighted by atomic mass is 10.0. The second-order valence-electron chi connectivity index (χ2n) is 5.08. The molecule has 1 aliphatic carbocycles. The fourth-order valence-electron chi connectivity index (χ4n) is 2.43. The molecule has 0 amide bonds. The van der Waals surface area contributed by atoms with Crippen LogP contribution in [-0.2, 0) is 11.3 Å². The number of anilines is 1. The monoisotopic (exact) mass is 251 g/mol. The standard InChI is InChI=1S/C13H21N3O2/c1-3-5-13(6-7-13)8-16-9-15-10(11(16)14)12(17)18-4-2/h9H,3-8,14H2,1-2H3. The number of hydrogen-bond acceptors (Lipinski definition) is 4. The number of nitrogens with two attached hydrogens (primary N) is 1. The van der Waals surface area contributed by atoms with Gasteiger partial charge in [-0.25, -0.2) is 9.78 Å². The van der Waals surface area contributed by atoms with E-state index in [-0.39, 0.29) is 5.69 Å². The number of rotatable bonds is 6. The van der Waals surface area contributed by atoms with Crippen molar-refractivity contribution in [1.82, 2.24) is 9.55 Å². The lowest BCUT2D eigenvalue weighted by Crippen LogP contribution is -2.14. The van der Waals surface area contributed by atoms with Gasteiger partial charge in [0.05, 0.1) is 12.9 Å². The van der Waals surface area contributed by atoms with Gasteiger partial charge in [0, 0.05) is 6.54 Å². The number of hydrogen-bond donors (Lipinski definition) is 1. The first kappa shape index (κ1) is 12.9. The molecule has 100 valence electrons. The van der Waals surface area contributed by atoms with E-state index in [4.69, 9.17) is 10.5 Å². The molecule has 1 heterocycles. The van der Waals surface area contributed by atoms with Crippen LogP contribution in [0.4, 0.5) is 5.82 Å². The first-order valence-corrected chi connectivity index (χ1v) is 6.59. The number of carbonyl (C=O) groups is 1. The van der Waals surface area contributed by atoms with Gasteiger partial charge in [0.2, 0.25) is 0 Å². The average Bonchev–Trinajstić information content (AvgIpc) is 2.99. The van der Waals surface area contributed by atoms with Crippen LogP contribution in [0.3, 0.4) is 0 Å². The molecule has 2 N–H and O–H groups in total. The van der Waals surface area contributed by atoms with Crippen molar-refractivity contribution in [2.24, 2.45) is 5.41 Å². The lowest BCUT2D eigenvalue weighted by molar-refractivity contribution is 0.0521. The summed E-state index contributed by atoms with van der Waals surface area (Å²) < 4.78 is 6.80. The molecule has 0 spiro atoms. The summed E-state index contributed by atoms with van der Waals surface area (Å²) >= 11 is 0. The maximum atomic E-state index is 11.6. The second kappa shape index (κ2) is 5.00. The minimum Gasteiger partial charge on any atom is -0.461 e. The van der Waals surface area contributed by atoms with E-state index >= 15 is 0 Å². The quantitative estimate of drug-likeness (QED) is 0.787. The van der Waals surface area contributed by atoms with E-state index in [0.29, 0.717) is 17.8 Å². The normalized spacial score (nSPS) is 16.6. The average molecular weight is 251 g/mol. The van der Waals surface area contributed by atoms with Crippen molar-refractivity contribution in [2.45, 2.75) is 46.1 Å². The third kappa shape index (κ3) is 2.49. The Kier molecular flexibility index (Phi) is 3.59. The molecular weight excluding hydrogens is 230 g/mol. The van der Waals surface area contributed by atoms with Crippen molar-refractivity contribution >= 4 is 11.8 Å². The highest BCUT2D eigenvalue weighted by atomic mass is 16.5. The van der Waals surface area contributed by atoms with E-state index in [1.807, 2.05) is 4.57 Å². The summed E-state index contributed by atoms with van der Waals surface area (Å²) in [5, 5.41) is 0. The van der Waals surface area contributed by atoms with Crippen LogP contribution in [0.5, 0.6) is 0 Å². The van der Waals surface area contributed by atoms with Crippen LogP contribution in [0.1, 0.15) is 50.0 Å². The summed E-state index contributed by atoms with van der Waals surface area (Å²) in [5.41, 5.74) is 6.59. The Hall–Kier alpha value is -1.52. The van der Waals surface area contributed by atoms with Gasteiger partial charge in [0.1, 0.15) is 5.82 Å². The summed E-state index contributed by atoms with van der Waals surface area (Å²) in [4.78, 5) is 15.7. The predicted octanol–water partition coefficient (Wildman–Crippen LogP) is 2.22. The van der Waals surface area contributed by atoms with Crippen LogP contribution in [0.2, 0.25) is 0 Å². The van der Waals surface area contributed by atoms with E-state index in [9.17, 15) is 4.79 Å². The number of nitrogen functional groups attached to an aromatic ring is 1. The van der Waals surface area contributed by atoms with Crippen molar-refractivity contribution in [3.8, 4) is 0 Å². The Labute approximate surface area is 107 Å². The molecule has 0 saturated heterocycles. The molecular formula is C13H21N3O2. The van der Waals surface area contributed by atoms with E-state index in [1.54, 1.807) is 13.3 Å². The molecule has 1 aromatic heterocycles. The topological polar surface area (TPSA) is 70.1 Å². The molecule has 1 aromatic rings. The van der Waals surface area contributed by atoms with E-state index in [2.05, 4.69) is 11.9 Å². The van der Waals surface area contributed by atoms with Crippen molar-refractivity contribution in [3.05, 3.63) is 12.0 Å². The molecule has 0 atom stereocenters. The number of ether oxygens (including phenoxy) is 1. The first-order valence-electron chi connectivity index (χ1n) is 6.59. The molecule has 0 aliphatic heterocycles. The van der Waals surface area contributed by atoms with Crippen molar-refractivity contribution < 1.29 is 9.53 Å². The summed E-state index contributed by atoms with van der Waals surface area (Å²) in [6.07, 6.45) is 6.52. The molecule has 1 saturated carbocycles.